The number of nitrogens with one attached hydrogen (secondary N) is 2. The zero-order chi connectivity index (χ0) is 27.9. The highest BCUT2D eigenvalue weighted by Crippen LogP contribution is 2.24. The number of amides is 1. The molecule has 3 aromatic carbocycles. The molecule has 0 radical (unpaired) electrons. The third kappa shape index (κ3) is 6.60. The maximum atomic E-state index is 13.1. The summed E-state index contributed by atoms with van der Waals surface area (Å²) in [4.78, 5) is 13.1. The predicted molar refractivity (Wildman–Crippen MR) is 152 cm³/mol. The van der Waals surface area contributed by atoms with Gasteiger partial charge in [0, 0.05) is 47.7 Å². The first-order valence-electron chi connectivity index (χ1n) is 13.2. The van der Waals surface area contributed by atoms with Crippen LogP contribution in [0.25, 0.3) is 10.9 Å². The van der Waals surface area contributed by atoms with Crippen LogP contribution in [-0.2, 0) is 26.1 Å². The number of benzene rings is 3. The maximum Gasteiger partial charge on any atom is 0.268 e. The van der Waals surface area contributed by atoms with Crippen LogP contribution in [0.2, 0.25) is 0 Å². The number of hydrogen-bond acceptors (Lipinski definition) is 6. The number of carbonyl (C=O) groups is 1. The summed E-state index contributed by atoms with van der Waals surface area (Å²) >= 11 is 0. The number of hydrogen-bond donors (Lipinski definition) is 5. The Balaban J connectivity index is 1.40. The third-order valence-corrected chi connectivity index (χ3v) is 7.01. The monoisotopic (exact) mass is 531 g/mol. The molecule has 0 saturated carbocycles. The molecule has 1 aromatic heterocycles. The number of para-hydroxylation sites is 1. The van der Waals surface area contributed by atoms with E-state index >= 15 is 0 Å². The Morgan fingerprint density at radius 1 is 1.05 bits per heavy atom. The van der Waals surface area contributed by atoms with Gasteiger partial charge in [-0.3, -0.25) is 4.79 Å². The van der Waals surface area contributed by atoms with Crippen molar-refractivity contribution in [2.45, 2.75) is 52.1 Å². The first-order chi connectivity index (χ1) is 18.8. The van der Waals surface area contributed by atoms with Gasteiger partial charge in [0.05, 0.1) is 19.8 Å². The number of aromatic hydroxyl groups is 1. The van der Waals surface area contributed by atoms with Gasteiger partial charge in [0.25, 0.3) is 5.91 Å². The molecule has 4 rings (SSSR count). The van der Waals surface area contributed by atoms with Crippen LogP contribution in [0.3, 0.4) is 0 Å². The summed E-state index contributed by atoms with van der Waals surface area (Å²) < 4.78 is 7.41. The SMILES string of the molecule is CCn1c(C(=O)NCc2ccccc2OC)cc2cc(C[C@@H](C)NC[C@H](O)c3ccc(O)c(CO)c3)ccc21. The molecule has 0 fully saturated rings. The molecule has 0 unspecified atom stereocenters. The number of aliphatic hydroxyl groups excluding tert-OH is 2. The van der Waals surface area contributed by atoms with E-state index in [4.69, 9.17) is 4.74 Å². The fourth-order valence-corrected chi connectivity index (χ4v) is 4.89. The van der Waals surface area contributed by atoms with Gasteiger partial charge >= 0.3 is 0 Å². The van der Waals surface area contributed by atoms with E-state index < -0.39 is 6.10 Å². The molecule has 0 aliphatic heterocycles. The second kappa shape index (κ2) is 12.8. The van der Waals surface area contributed by atoms with Crippen molar-refractivity contribution in [1.82, 2.24) is 15.2 Å². The lowest BCUT2D eigenvalue weighted by Crippen LogP contribution is -2.32. The number of nitrogens with zero attached hydrogens (tertiary/aromatic N) is 1. The molecular weight excluding hydrogens is 494 g/mol. The quantitative estimate of drug-likeness (QED) is 0.188. The van der Waals surface area contributed by atoms with Crippen molar-refractivity contribution in [3.05, 3.63) is 94.7 Å². The van der Waals surface area contributed by atoms with Crippen molar-refractivity contribution in [2.75, 3.05) is 13.7 Å². The molecule has 2 atom stereocenters. The Kier molecular flexibility index (Phi) is 9.24. The minimum atomic E-state index is -0.767. The first-order valence-corrected chi connectivity index (χ1v) is 13.2. The second-order valence-corrected chi connectivity index (χ2v) is 9.74. The van der Waals surface area contributed by atoms with Crippen LogP contribution in [0.1, 0.15) is 52.7 Å². The molecular formula is C31H37N3O5. The summed E-state index contributed by atoms with van der Waals surface area (Å²) in [6.07, 6.45) is -0.0245. The smallest absolute Gasteiger partial charge is 0.268 e. The molecule has 0 saturated heterocycles. The lowest BCUT2D eigenvalue weighted by atomic mass is 10.0. The number of fused-ring (bicyclic) bond motifs is 1. The highest BCUT2D eigenvalue weighted by Gasteiger charge is 2.17. The average Bonchev–Trinajstić information content (AvgIpc) is 3.33. The molecule has 5 N–H and O–H groups in total. The van der Waals surface area contributed by atoms with Crippen LogP contribution >= 0.6 is 0 Å². The Labute approximate surface area is 228 Å². The molecule has 206 valence electrons. The van der Waals surface area contributed by atoms with Crippen LogP contribution in [-0.4, -0.2) is 45.5 Å². The maximum absolute atomic E-state index is 13.1. The number of ether oxygens (including phenoxy) is 1. The van der Waals surface area contributed by atoms with Crippen LogP contribution in [0.15, 0.2) is 66.7 Å². The molecule has 39 heavy (non-hydrogen) atoms. The van der Waals surface area contributed by atoms with Gasteiger partial charge in [-0.15, -0.1) is 0 Å². The van der Waals surface area contributed by atoms with Gasteiger partial charge in [0.1, 0.15) is 17.2 Å². The average molecular weight is 532 g/mol. The Bertz CT molecular complexity index is 1430. The van der Waals surface area contributed by atoms with Crippen molar-refractivity contribution < 1.29 is 24.9 Å². The fraction of sp³-hybridized carbons (Fsp3) is 0.323. The normalized spacial score (nSPS) is 12.8. The highest BCUT2D eigenvalue weighted by molar-refractivity contribution is 5.99. The van der Waals surface area contributed by atoms with E-state index in [9.17, 15) is 20.1 Å². The molecule has 0 aliphatic carbocycles. The number of aliphatic hydroxyl groups is 2. The largest absolute Gasteiger partial charge is 0.508 e. The minimum Gasteiger partial charge on any atom is -0.508 e. The highest BCUT2D eigenvalue weighted by atomic mass is 16.5. The Morgan fingerprint density at radius 3 is 2.59 bits per heavy atom. The lowest BCUT2D eigenvalue weighted by Gasteiger charge is -2.18. The van der Waals surface area contributed by atoms with E-state index in [0.29, 0.717) is 36.5 Å². The van der Waals surface area contributed by atoms with Crippen molar-refractivity contribution in [2.24, 2.45) is 0 Å². The molecule has 0 bridgehead atoms. The summed E-state index contributed by atoms with van der Waals surface area (Å²) in [5, 5.41) is 37.1. The molecule has 0 spiro atoms. The molecule has 8 heteroatoms. The summed E-state index contributed by atoms with van der Waals surface area (Å²) in [5.74, 6) is 0.619. The number of carbonyl (C=O) groups excluding carboxylic acids is 1. The van der Waals surface area contributed by atoms with Crippen molar-refractivity contribution >= 4 is 16.8 Å². The lowest BCUT2D eigenvalue weighted by molar-refractivity contribution is 0.0942. The standard InChI is InChI=1S/C31H37N3O5/c1-4-34-26-11-9-21(13-20(2)32-18-29(37)22-10-12-28(36)25(15-22)19-35)14-24(26)16-27(34)31(38)33-17-23-7-5-6-8-30(23)39-3/h5-12,14-16,20,29,32,35-37H,4,13,17-19H2,1-3H3,(H,33,38)/t20-,29+/m1/s1. The van der Waals surface area contributed by atoms with Crippen LogP contribution in [0.5, 0.6) is 11.5 Å². The second-order valence-electron chi connectivity index (χ2n) is 9.74. The van der Waals surface area contributed by atoms with Gasteiger partial charge in [0.15, 0.2) is 0 Å². The van der Waals surface area contributed by atoms with E-state index in [1.165, 1.54) is 6.07 Å². The molecule has 4 aromatic rings. The summed E-state index contributed by atoms with van der Waals surface area (Å²) in [6.45, 7) is 5.18. The van der Waals surface area contributed by atoms with E-state index in [0.717, 1.165) is 34.2 Å². The van der Waals surface area contributed by atoms with Crippen molar-refractivity contribution in [3.8, 4) is 11.5 Å². The van der Waals surface area contributed by atoms with Gasteiger partial charge in [-0.2, -0.15) is 0 Å². The van der Waals surface area contributed by atoms with Gasteiger partial charge < -0.3 is 35.3 Å². The molecule has 0 aliphatic rings. The molecule has 1 amide bonds. The Hall–Kier alpha value is -3.85. The molecule has 8 nitrogen and oxygen atoms in total. The Morgan fingerprint density at radius 2 is 1.85 bits per heavy atom. The summed E-state index contributed by atoms with van der Waals surface area (Å²) in [6, 6.07) is 20.7. The topological polar surface area (TPSA) is 116 Å². The van der Waals surface area contributed by atoms with Crippen molar-refractivity contribution in [3.63, 3.8) is 0 Å². The summed E-state index contributed by atoms with van der Waals surface area (Å²) in [7, 11) is 1.62. The predicted octanol–water partition coefficient (Wildman–Crippen LogP) is 4.05. The van der Waals surface area contributed by atoms with Crippen LogP contribution in [0, 0.1) is 0 Å². The van der Waals surface area contributed by atoms with Gasteiger partial charge in [-0.05, 0) is 67.8 Å². The van der Waals surface area contributed by atoms with Gasteiger partial charge in [-0.25, -0.2) is 0 Å². The van der Waals surface area contributed by atoms with Crippen molar-refractivity contribution in [1.29, 1.82) is 0 Å². The molecule has 1 heterocycles. The zero-order valence-corrected chi connectivity index (χ0v) is 22.6. The van der Waals surface area contributed by atoms with E-state index in [-0.39, 0.29) is 24.3 Å². The summed E-state index contributed by atoms with van der Waals surface area (Å²) in [5.41, 5.74) is 4.69. The first kappa shape index (κ1) is 28.2. The van der Waals surface area contributed by atoms with Gasteiger partial charge in [0.2, 0.25) is 0 Å². The number of aryl methyl sites for hydroxylation is 1. The van der Waals surface area contributed by atoms with E-state index in [1.807, 2.05) is 41.8 Å². The number of methoxy groups -OCH3 is 1. The number of phenols is 1. The number of rotatable bonds is 12. The zero-order valence-electron chi connectivity index (χ0n) is 22.6. The van der Waals surface area contributed by atoms with Crippen LogP contribution in [0.4, 0.5) is 0 Å². The van der Waals surface area contributed by atoms with E-state index in [1.54, 1.807) is 19.2 Å². The van der Waals surface area contributed by atoms with Crippen LogP contribution < -0.4 is 15.4 Å². The van der Waals surface area contributed by atoms with E-state index in [2.05, 4.69) is 35.8 Å². The number of aromatic nitrogens is 1. The third-order valence-electron chi connectivity index (χ3n) is 7.01. The van der Waals surface area contributed by atoms with Gasteiger partial charge in [-0.1, -0.05) is 30.3 Å². The fourth-order valence-electron chi connectivity index (χ4n) is 4.89. The minimum absolute atomic E-state index is 0.0131.